The predicted octanol–water partition coefficient (Wildman–Crippen LogP) is 1.53. The van der Waals surface area contributed by atoms with Gasteiger partial charge in [0, 0.05) is 18.2 Å². The van der Waals surface area contributed by atoms with E-state index in [1.54, 1.807) is 20.8 Å². The molecule has 0 heterocycles. The molecule has 0 saturated heterocycles. The van der Waals surface area contributed by atoms with E-state index in [4.69, 9.17) is 9.84 Å². The number of aliphatic carboxylic acids is 1. The van der Waals surface area contributed by atoms with Gasteiger partial charge in [-0.1, -0.05) is 12.1 Å². The lowest BCUT2D eigenvalue weighted by molar-refractivity contribution is -0.385. The van der Waals surface area contributed by atoms with Gasteiger partial charge in [-0.25, -0.2) is 4.79 Å². The number of benzene rings is 1. The van der Waals surface area contributed by atoms with Gasteiger partial charge in [0.05, 0.1) is 17.4 Å². The van der Waals surface area contributed by atoms with Crippen LogP contribution in [-0.2, 0) is 16.0 Å². The highest BCUT2D eigenvalue weighted by atomic mass is 16.6. The minimum atomic E-state index is -1.44. The summed E-state index contributed by atoms with van der Waals surface area (Å²) in [5, 5.41) is 42.6. The van der Waals surface area contributed by atoms with E-state index >= 15 is 0 Å². The average molecular weight is 384 g/mol. The zero-order chi connectivity index (χ0) is 20.8. The van der Waals surface area contributed by atoms with Crippen molar-refractivity contribution in [2.24, 2.45) is 0 Å². The molecule has 150 valence electrons. The number of amides is 1. The van der Waals surface area contributed by atoms with E-state index in [1.165, 1.54) is 12.1 Å². The van der Waals surface area contributed by atoms with Gasteiger partial charge in [-0.15, -0.1) is 0 Å². The summed E-state index contributed by atoms with van der Waals surface area (Å²) in [4.78, 5) is 32.7. The van der Waals surface area contributed by atoms with Crippen LogP contribution in [0.3, 0.4) is 0 Å². The van der Waals surface area contributed by atoms with Crippen molar-refractivity contribution < 1.29 is 34.6 Å². The Morgan fingerprint density at radius 3 is 2.44 bits per heavy atom. The zero-order valence-electron chi connectivity index (χ0n) is 15.3. The van der Waals surface area contributed by atoms with Crippen LogP contribution in [0.2, 0.25) is 0 Å². The Morgan fingerprint density at radius 1 is 1.30 bits per heavy atom. The topological polar surface area (TPSA) is 159 Å². The van der Waals surface area contributed by atoms with E-state index in [1.807, 2.05) is 0 Å². The molecule has 10 nitrogen and oxygen atoms in total. The van der Waals surface area contributed by atoms with Gasteiger partial charge in [0.15, 0.2) is 0 Å². The maximum atomic E-state index is 11.5. The fraction of sp³-hybridized carbons (Fsp3) is 0.529. The second kappa shape index (κ2) is 9.28. The number of nitro benzene ring substituents is 1. The van der Waals surface area contributed by atoms with Crippen LogP contribution in [0.4, 0.5) is 10.5 Å². The minimum absolute atomic E-state index is 0.00969. The molecule has 10 heteroatoms. The summed E-state index contributed by atoms with van der Waals surface area (Å²) in [6.45, 7) is 5.12. The van der Waals surface area contributed by atoms with Crippen molar-refractivity contribution in [1.29, 1.82) is 0 Å². The third kappa shape index (κ3) is 7.59. The summed E-state index contributed by atoms with van der Waals surface area (Å²) in [7, 11) is 0. The molecule has 0 aromatic heterocycles. The van der Waals surface area contributed by atoms with Crippen molar-refractivity contribution in [1.82, 2.24) is 5.32 Å². The highest BCUT2D eigenvalue weighted by Gasteiger charge is 2.24. The molecule has 0 aliphatic carbocycles. The lowest BCUT2D eigenvalue weighted by Gasteiger charge is -2.21. The smallest absolute Gasteiger partial charge is 0.407 e. The minimum Gasteiger partial charge on any atom is -0.481 e. The first-order valence-electron chi connectivity index (χ1n) is 8.22. The third-order valence-electron chi connectivity index (χ3n) is 3.46. The number of nitrogens with zero attached hydrogens (tertiary/aromatic N) is 1. The summed E-state index contributed by atoms with van der Waals surface area (Å²) in [5.74, 6) is -1.22. The summed E-state index contributed by atoms with van der Waals surface area (Å²) in [5.41, 5.74) is -1.06. The number of carboxylic acid groups (broad SMARTS) is 1. The molecular weight excluding hydrogens is 360 g/mol. The number of hydrogen-bond donors (Lipinski definition) is 4. The van der Waals surface area contributed by atoms with Crippen molar-refractivity contribution in [3.63, 3.8) is 0 Å². The number of carboxylic acids is 1. The molecule has 1 aromatic rings. The third-order valence-corrected chi connectivity index (χ3v) is 3.46. The highest BCUT2D eigenvalue weighted by molar-refractivity contribution is 5.72. The fourth-order valence-electron chi connectivity index (χ4n) is 2.26. The molecule has 0 aliphatic heterocycles. The number of alkyl carbamates (subject to hydrolysis) is 1. The van der Waals surface area contributed by atoms with E-state index < -0.39 is 46.9 Å². The van der Waals surface area contributed by atoms with Crippen LogP contribution in [0.25, 0.3) is 0 Å². The predicted molar refractivity (Wildman–Crippen MR) is 94.3 cm³/mol. The maximum Gasteiger partial charge on any atom is 0.407 e. The summed E-state index contributed by atoms with van der Waals surface area (Å²) < 4.78 is 5.03. The molecule has 1 amide bonds. The van der Waals surface area contributed by atoms with Crippen LogP contribution < -0.4 is 5.32 Å². The Morgan fingerprint density at radius 2 is 1.93 bits per heavy atom. The van der Waals surface area contributed by atoms with Crippen LogP contribution in [-0.4, -0.2) is 50.6 Å². The second-order valence-electron chi connectivity index (χ2n) is 6.95. The average Bonchev–Trinajstić information content (AvgIpc) is 2.51. The lowest BCUT2D eigenvalue weighted by Crippen LogP contribution is -2.34. The highest BCUT2D eigenvalue weighted by Crippen LogP contribution is 2.27. The molecule has 1 aromatic carbocycles. The normalized spacial score (nSPS) is 13.5. The van der Waals surface area contributed by atoms with Crippen LogP contribution in [0, 0.1) is 10.1 Å². The molecule has 4 N–H and O–H groups in total. The monoisotopic (exact) mass is 384 g/mol. The number of aliphatic hydroxyl groups excluding tert-OH is 2. The number of nitro groups is 1. The van der Waals surface area contributed by atoms with Crippen LogP contribution >= 0.6 is 0 Å². The number of hydrogen-bond acceptors (Lipinski definition) is 7. The molecule has 27 heavy (non-hydrogen) atoms. The van der Waals surface area contributed by atoms with Gasteiger partial charge in [-0.2, -0.15) is 0 Å². The van der Waals surface area contributed by atoms with Gasteiger partial charge in [0.1, 0.15) is 11.7 Å². The van der Waals surface area contributed by atoms with Crippen molar-refractivity contribution in [2.45, 2.75) is 51.4 Å². The number of ether oxygens (including phenoxy) is 1. The van der Waals surface area contributed by atoms with E-state index in [-0.39, 0.29) is 24.1 Å². The molecule has 0 fully saturated rings. The Balaban J connectivity index is 2.73. The molecule has 1 rings (SSSR count). The zero-order valence-corrected chi connectivity index (χ0v) is 15.3. The van der Waals surface area contributed by atoms with Crippen molar-refractivity contribution >= 4 is 17.7 Å². The maximum absolute atomic E-state index is 11.5. The molecular formula is C17H24N2O8. The van der Waals surface area contributed by atoms with Crippen LogP contribution in [0.5, 0.6) is 0 Å². The molecule has 0 bridgehead atoms. The van der Waals surface area contributed by atoms with Gasteiger partial charge >= 0.3 is 12.1 Å². The van der Waals surface area contributed by atoms with E-state index in [0.717, 1.165) is 6.07 Å². The van der Waals surface area contributed by atoms with E-state index in [0.29, 0.717) is 0 Å². The molecule has 2 unspecified atom stereocenters. The summed E-state index contributed by atoms with van der Waals surface area (Å²) in [6.07, 6.45) is -3.97. The number of nitrogens with one attached hydrogen (secondary N) is 1. The van der Waals surface area contributed by atoms with Crippen LogP contribution in [0.1, 0.15) is 44.4 Å². The summed E-state index contributed by atoms with van der Waals surface area (Å²) in [6, 6.07) is 3.59. The molecule has 0 radical (unpaired) electrons. The molecule has 0 spiro atoms. The van der Waals surface area contributed by atoms with Crippen molar-refractivity contribution in [3.05, 3.63) is 39.4 Å². The van der Waals surface area contributed by atoms with E-state index in [9.17, 15) is 29.9 Å². The Bertz CT molecular complexity index is 699. The lowest BCUT2D eigenvalue weighted by atomic mass is 9.98. The first-order valence-corrected chi connectivity index (χ1v) is 8.22. The Hall–Kier alpha value is -2.72. The van der Waals surface area contributed by atoms with Crippen molar-refractivity contribution in [3.8, 4) is 0 Å². The van der Waals surface area contributed by atoms with E-state index in [2.05, 4.69) is 5.32 Å². The second-order valence-corrected chi connectivity index (χ2v) is 6.95. The van der Waals surface area contributed by atoms with Crippen molar-refractivity contribution in [2.75, 3.05) is 6.54 Å². The quantitative estimate of drug-likeness (QED) is 0.388. The first-order chi connectivity index (χ1) is 12.4. The number of rotatable bonds is 8. The van der Waals surface area contributed by atoms with Crippen LogP contribution in [0.15, 0.2) is 18.2 Å². The van der Waals surface area contributed by atoms with Gasteiger partial charge in [-0.3, -0.25) is 14.9 Å². The number of carbonyl (C=O) groups excluding carboxylic acids is 1. The number of carbonyl (C=O) groups is 2. The number of aliphatic hydroxyl groups is 2. The van der Waals surface area contributed by atoms with Gasteiger partial charge in [0.25, 0.3) is 5.69 Å². The molecule has 0 aliphatic rings. The van der Waals surface area contributed by atoms with Gasteiger partial charge in [0.2, 0.25) is 0 Å². The fourth-order valence-corrected chi connectivity index (χ4v) is 2.26. The molecule has 0 saturated carbocycles. The standard InChI is InChI=1S/C17H24N2O8/c1-17(2,3)27-16(24)18-7-6-13(20)15(23)11-5-4-10(9-14(21)22)12(8-11)19(25)26/h4-5,8,13,15,20,23H,6-7,9H2,1-3H3,(H,18,24)(H,21,22). The Kier molecular flexibility index (Phi) is 7.68. The molecule has 2 atom stereocenters. The van der Waals surface area contributed by atoms with Gasteiger partial charge < -0.3 is 25.4 Å². The largest absolute Gasteiger partial charge is 0.481 e. The SMILES string of the molecule is CC(C)(C)OC(=O)NCCC(O)C(O)c1ccc(CC(=O)O)c([N+](=O)[O-])c1. The first kappa shape index (κ1) is 22.3. The van der Waals surface area contributed by atoms with Gasteiger partial charge in [-0.05, 0) is 32.8 Å². The summed E-state index contributed by atoms with van der Waals surface area (Å²) >= 11 is 0. The Labute approximate surface area is 155 Å².